The van der Waals surface area contributed by atoms with E-state index in [0.29, 0.717) is 18.0 Å². The summed E-state index contributed by atoms with van der Waals surface area (Å²) in [7, 11) is 0. The SMILES string of the molecule is Cc1nc(-c2cccc(NC3CCNC(c4ccccc4)C3)c2)oc1C. The van der Waals surface area contributed by atoms with Gasteiger partial charge in [0.15, 0.2) is 0 Å². The molecule has 0 spiro atoms. The van der Waals surface area contributed by atoms with E-state index in [-0.39, 0.29) is 0 Å². The molecule has 2 aromatic carbocycles. The van der Waals surface area contributed by atoms with Crippen molar-refractivity contribution in [3.63, 3.8) is 0 Å². The second kappa shape index (κ2) is 7.34. The van der Waals surface area contributed by atoms with Crippen LogP contribution in [0.25, 0.3) is 11.5 Å². The topological polar surface area (TPSA) is 50.1 Å². The molecule has 1 fully saturated rings. The zero-order valence-electron chi connectivity index (χ0n) is 15.3. The van der Waals surface area contributed by atoms with Crippen LogP contribution in [0, 0.1) is 13.8 Å². The van der Waals surface area contributed by atoms with Gasteiger partial charge in [0.05, 0.1) is 5.69 Å². The minimum Gasteiger partial charge on any atom is -0.441 e. The maximum Gasteiger partial charge on any atom is 0.226 e. The van der Waals surface area contributed by atoms with Gasteiger partial charge in [-0.15, -0.1) is 0 Å². The van der Waals surface area contributed by atoms with E-state index in [4.69, 9.17) is 4.42 Å². The first-order valence-electron chi connectivity index (χ1n) is 9.28. The maximum atomic E-state index is 5.77. The van der Waals surface area contributed by atoms with Crippen LogP contribution in [0.5, 0.6) is 0 Å². The highest BCUT2D eigenvalue weighted by Gasteiger charge is 2.22. The van der Waals surface area contributed by atoms with Gasteiger partial charge in [0.1, 0.15) is 5.76 Å². The molecule has 0 bridgehead atoms. The third-order valence-corrected chi connectivity index (χ3v) is 5.11. The Balaban J connectivity index is 1.48. The van der Waals surface area contributed by atoms with E-state index in [1.165, 1.54) is 5.56 Å². The van der Waals surface area contributed by atoms with Crippen LogP contribution in [-0.4, -0.2) is 17.6 Å². The lowest BCUT2D eigenvalue weighted by atomic mass is 9.93. The molecule has 0 radical (unpaired) electrons. The molecule has 2 atom stereocenters. The van der Waals surface area contributed by atoms with Crippen LogP contribution in [0.15, 0.2) is 59.0 Å². The number of benzene rings is 2. The molecule has 4 nitrogen and oxygen atoms in total. The molecule has 2 heterocycles. The molecule has 2 unspecified atom stereocenters. The van der Waals surface area contributed by atoms with Gasteiger partial charge < -0.3 is 15.1 Å². The minimum absolute atomic E-state index is 0.405. The summed E-state index contributed by atoms with van der Waals surface area (Å²) in [4.78, 5) is 4.52. The summed E-state index contributed by atoms with van der Waals surface area (Å²) in [6, 6.07) is 19.9. The molecule has 2 N–H and O–H groups in total. The highest BCUT2D eigenvalue weighted by molar-refractivity contribution is 5.62. The fourth-order valence-electron chi connectivity index (χ4n) is 3.56. The van der Waals surface area contributed by atoms with Crippen molar-refractivity contribution in [2.45, 2.75) is 38.8 Å². The van der Waals surface area contributed by atoms with Crippen LogP contribution in [0.4, 0.5) is 5.69 Å². The molecule has 26 heavy (non-hydrogen) atoms. The number of aromatic nitrogens is 1. The van der Waals surface area contributed by atoms with E-state index in [1.54, 1.807) is 0 Å². The molecular formula is C22H25N3O. The van der Waals surface area contributed by atoms with Crippen LogP contribution in [-0.2, 0) is 0 Å². The Morgan fingerprint density at radius 2 is 1.92 bits per heavy atom. The Morgan fingerprint density at radius 3 is 2.69 bits per heavy atom. The van der Waals surface area contributed by atoms with Crippen molar-refractivity contribution in [1.82, 2.24) is 10.3 Å². The summed E-state index contributed by atoms with van der Waals surface area (Å²) in [5.41, 5.74) is 4.44. The largest absolute Gasteiger partial charge is 0.441 e. The molecule has 0 saturated carbocycles. The van der Waals surface area contributed by atoms with Crippen molar-refractivity contribution in [2.75, 3.05) is 11.9 Å². The summed E-state index contributed by atoms with van der Waals surface area (Å²) in [5, 5.41) is 7.34. The molecule has 1 aromatic heterocycles. The van der Waals surface area contributed by atoms with E-state index in [2.05, 4.69) is 64.1 Å². The number of hydrogen-bond acceptors (Lipinski definition) is 4. The third-order valence-electron chi connectivity index (χ3n) is 5.11. The summed E-state index contributed by atoms with van der Waals surface area (Å²) >= 11 is 0. The quantitative estimate of drug-likeness (QED) is 0.707. The van der Waals surface area contributed by atoms with Gasteiger partial charge in [0.2, 0.25) is 5.89 Å². The van der Waals surface area contributed by atoms with Gasteiger partial charge >= 0.3 is 0 Å². The molecule has 0 aliphatic carbocycles. The lowest BCUT2D eigenvalue weighted by molar-refractivity contribution is 0.384. The number of hydrogen-bond donors (Lipinski definition) is 2. The molecule has 4 heteroatoms. The number of aryl methyl sites for hydroxylation is 2. The monoisotopic (exact) mass is 347 g/mol. The van der Waals surface area contributed by atoms with E-state index in [0.717, 1.165) is 42.1 Å². The molecule has 3 aromatic rings. The first-order valence-corrected chi connectivity index (χ1v) is 9.28. The average Bonchev–Trinajstić information content (AvgIpc) is 3.02. The Morgan fingerprint density at radius 1 is 1.08 bits per heavy atom. The van der Waals surface area contributed by atoms with Crippen molar-refractivity contribution >= 4 is 5.69 Å². The van der Waals surface area contributed by atoms with Crippen LogP contribution in [0.1, 0.15) is 35.9 Å². The molecular weight excluding hydrogens is 322 g/mol. The number of piperidine rings is 1. The van der Waals surface area contributed by atoms with E-state index in [9.17, 15) is 0 Å². The predicted molar refractivity (Wildman–Crippen MR) is 105 cm³/mol. The van der Waals surface area contributed by atoms with Gasteiger partial charge in [-0.05, 0) is 57.0 Å². The second-order valence-electron chi connectivity index (χ2n) is 7.02. The molecule has 1 aliphatic rings. The van der Waals surface area contributed by atoms with E-state index in [1.807, 2.05) is 19.9 Å². The van der Waals surface area contributed by atoms with Crippen molar-refractivity contribution < 1.29 is 4.42 Å². The highest BCUT2D eigenvalue weighted by Crippen LogP contribution is 2.28. The molecule has 134 valence electrons. The van der Waals surface area contributed by atoms with Gasteiger partial charge in [-0.1, -0.05) is 36.4 Å². The zero-order chi connectivity index (χ0) is 17.9. The van der Waals surface area contributed by atoms with Gasteiger partial charge in [-0.25, -0.2) is 4.98 Å². The first kappa shape index (κ1) is 16.9. The Hall–Kier alpha value is -2.59. The standard InChI is InChI=1S/C22H25N3O/c1-15-16(2)26-22(24-15)18-9-6-10-19(13-18)25-20-11-12-23-21(14-20)17-7-4-3-5-8-17/h3-10,13,20-21,23,25H,11-12,14H2,1-2H3. The van der Waals surface area contributed by atoms with Crippen LogP contribution < -0.4 is 10.6 Å². The number of nitrogens with zero attached hydrogens (tertiary/aromatic N) is 1. The lowest BCUT2D eigenvalue weighted by Gasteiger charge is -2.32. The number of anilines is 1. The predicted octanol–water partition coefficient (Wildman–Crippen LogP) is 4.86. The number of rotatable bonds is 4. The average molecular weight is 347 g/mol. The lowest BCUT2D eigenvalue weighted by Crippen LogP contribution is -2.38. The van der Waals surface area contributed by atoms with Crippen molar-refractivity contribution in [3.05, 3.63) is 71.6 Å². The highest BCUT2D eigenvalue weighted by atomic mass is 16.4. The molecule has 1 aliphatic heterocycles. The summed E-state index contributed by atoms with van der Waals surface area (Å²) in [6.07, 6.45) is 2.19. The van der Waals surface area contributed by atoms with Crippen molar-refractivity contribution in [3.8, 4) is 11.5 Å². The smallest absolute Gasteiger partial charge is 0.226 e. The van der Waals surface area contributed by atoms with Crippen LogP contribution in [0.3, 0.4) is 0 Å². The van der Waals surface area contributed by atoms with Crippen LogP contribution in [0.2, 0.25) is 0 Å². The summed E-state index contributed by atoms with van der Waals surface area (Å²) in [6.45, 7) is 4.95. The van der Waals surface area contributed by atoms with E-state index >= 15 is 0 Å². The fourth-order valence-corrected chi connectivity index (χ4v) is 3.56. The second-order valence-corrected chi connectivity index (χ2v) is 7.02. The van der Waals surface area contributed by atoms with Crippen molar-refractivity contribution in [2.24, 2.45) is 0 Å². The summed E-state index contributed by atoms with van der Waals surface area (Å²) in [5.74, 6) is 1.57. The Bertz CT molecular complexity index is 853. The zero-order valence-corrected chi connectivity index (χ0v) is 15.3. The van der Waals surface area contributed by atoms with Crippen LogP contribution >= 0.6 is 0 Å². The molecule has 1 saturated heterocycles. The Labute approximate surface area is 154 Å². The minimum atomic E-state index is 0.405. The third kappa shape index (κ3) is 3.65. The van der Waals surface area contributed by atoms with E-state index < -0.39 is 0 Å². The molecule has 0 amide bonds. The van der Waals surface area contributed by atoms with Gasteiger partial charge in [-0.3, -0.25) is 0 Å². The van der Waals surface area contributed by atoms with Gasteiger partial charge in [-0.2, -0.15) is 0 Å². The van der Waals surface area contributed by atoms with Crippen molar-refractivity contribution in [1.29, 1.82) is 0 Å². The fraction of sp³-hybridized carbons (Fsp3) is 0.318. The van der Waals surface area contributed by atoms with Gasteiger partial charge in [0, 0.05) is 23.3 Å². The van der Waals surface area contributed by atoms with Gasteiger partial charge in [0.25, 0.3) is 0 Å². The normalized spacial score (nSPS) is 20.1. The molecule has 4 rings (SSSR count). The Kier molecular flexibility index (Phi) is 4.76. The maximum absolute atomic E-state index is 5.77. The number of oxazole rings is 1. The summed E-state index contributed by atoms with van der Waals surface area (Å²) < 4.78 is 5.77. The first-order chi connectivity index (χ1) is 12.7. The number of nitrogens with one attached hydrogen (secondary N) is 2.